The fourth-order valence-corrected chi connectivity index (χ4v) is 3.34. The van der Waals surface area contributed by atoms with Crippen molar-refractivity contribution < 1.29 is 32.2 Å². The zero-order valence-electron chi connectivity index (χ0n) is 18.1. The fraction of sp³-hybridized carbons (Fsp3) is 0.476. The van der Waals surface area contributed by atoms with Crippen LogP contribution in [0.15, 0.2) is 22.7 Å². The first-order valence-corrected chi connectivity index (χ1v) is 10.0. The van der Waals surface area contributed by atoms with E-state index in [1.54, 1.807) is 32.9 Å². The van der Waals surface area contributed by atoms with Crippen molar-refractivity contribution in [1.82, 2.24) is 5.32 Å². The Bertz CT molecular complexity index is 924. The Balaban J connectivity index is 2.32. The van der Waals surface area contributed by atoms with Crippen LogP contribution in [0.3, 0.4) is 0 Å². The highest BCUT2D eigenvalue weighted by molar-refractivity contribution is 6.02. The third kappa shape index (κ3) is 6.38. The summed E-state index contributed by atoms with van der Waals surface area (Å²) < 4.78 is 51.3. The van der Waals surface area contributed by atoms with Crippen molar-refractivity contribution in [2.45, 2.75) is 51.9 Å². The van der Waals surface area contributed by atoms with Gasteiger partial charge in [0.25, 0.3) is 5.91 Å². The molecule has 0 radical (unpaired) electrons. The van der Waals surface area contributed by atoms with Crippen molar-refractivity contribution in [2.75, 3.05) is 13.2 Å². The van der Waals surface area contributed by atoms with Crippen molar-refractivity contribution in [3.63, 3.8) is 0 Å². The van der Waals surface area contributed by atoms with Crippen LogP contribution in [0.25, 0.3) is 6.08 Å². The number of ether oxygens (including phenoxy) is 2. The average Bonchev–Trinajstić information content (AvgIpc) is 2.68. The van der Waals surface area contributed by atoms with E-state index in [1.165, 1.54) is 0 Å². The van der Waals surface area contributed by atoms with Gasteiger partial charge in [-0.1, -0.05) is 11.6 Å². The van der Waals surface area contributed by atoms with E-state index < -0.39 is 35.8 Å². The van der Waals surface area contributed by atoms with Crippen LogP contribution in [-0.4, -0.2) is 49.3 Å². The van der Waals surface area contributed by atoms with Gasteiger partial charge in [0.05, 0.1) is 12.2 Å². The molecule has 1 heterocycles. The molecule has 1 aliphatic heterocycles. The Morgan fingerprint density at radius 3 is 2.56 bits per heavy atom. The number of hydrogen-bond acceptors (Lipinski definition) is 5. The maximum absolute atomic E-state index is 13.7. The van der Waals surface area contributed by atoms with Gasteiger partial charge in [0.15, 0.2) is 5.96 Å². The average molecular weight is 456 g/mol. The van der Waals surface area contributed by atoms with Gasteiger partial charge in [-0.05, 0) is 51.3 Å². The molecule has 1 aliphatic rings. The molecule has 0 saturated carbocycles. The maximum Gasteiger partial charge on any atom is 0.429 e. The predicted octanol–water partition coefficient (Wildman–Crippen LogP) is 2.11. The van der Waals surface area contributed by atoms with Gasteiger partial charge in [0.1, 0.15) is 11.8 Å². The molecule has 0 bridgehead atoms. The van der Waals surface area contributed by atoms with Crippen LogP contribution in [0.1, 0.15) is 36.5 Å². The van der Waals surface area contributed by atoms with Crippen LogP contribution in [0.5, 0.6) is 5.75 Å². The number of esters is 1. The topological polar surface area (TPSA) is 129 Å². The molecule has 2 atom stereocenters. The van der Waals surface area contributed by atoms with Crippen LogP contribution >= 0.6 is 0 Å². The van der Waals surface area contributed by atoms with Crippen LogP contribution in [0, 0.1) is 13.8 Å². The van der Waals surface area contributed by atoms with Crippen molar-refractivity contribution in [1.29, 1.82) is 0 Å². The number of benzene rings is 1. The monoisotopic (exact) mass is 456 g/mol. The lowest BCUT2D eigenvalue weighted by Gasteiger charge is -2.30. The standard InChI is InChI=1S/C21H27F3N4O4/c1-4-31-19(30)15(6-5-7-27-20(25)26)28-18(29)14-10-13-9-11(2)8-12(3)16(13)32-17(14)21(22,23)24/h8-10,15,17H,4-7H2,1-3H3,(H,28,29)(H4,25,26,27)/t15-,17-/m0/s1. The Labute approximate surface area is 183 Å². The first-order chi connectivity index (χ1) is 14.9. The zero-order chi connectivity index (χ0) is 24.1. The second-order valence-corrected chi connectivity index (χ2v) is 7.37. The molecule has 5 N–H and O–H groups in total. The molecule has 1 aromatic carbocycles. The smallest absolute Gasteiger partial charge is 0.429 e. The van der Waals surface area contributed by atoms with Gasteiger partial charge in [-0.15, -0.1) is 0 Å². The van der Waals surface area contributed by atoms with E-state index in [9.17, 15) is 22.8 Å². The highest BCUT2D eigenvalue weighted by Crippen LogP contribution is 2.39. The number of carbonyl (C=O) groups is 2. The maximum atomic E-state index is 13.7. The van der Waals surface area contributed by atoms with E-state index in [1.807, 2.05) is 0 Å². The first kappa shape index (κ1) is 25.0. The lowest BCUT2D eigenvalue weighted by molar-refractivity contribution is -0.185. The minimum atomic E-state index is -4.84. The first-order valence-electron chi connectivity index (χ1n) is 10.0. The van der Waals surface area contributed by atoms with Crippen LogP contribution in [-0.2, 0) is 14.3 Å². The molecule has 1 amide bonds. The lowest BCUT2D eigenvalue weighted by Crippen LogP contribution is -2.48. The van der Waals surface area contributed by atoms with Gasteiger partial charge >= 0.3 is 12.1 Å². The third-order valence-corrected chi connectivity index (χ3v) is 4.66. The fourth-order valence-electron chi connectivity index (χ4n) is 3.34. The van der Waals surface area contributed by atoms with E-state index in [-0.39, 0.29) is 31.3 Å². The van der Waals surface area contributed by atoms with Crippen molar-refractivity contribution in [3.8, 4) is 5.75 Å². The van der Waals surface area contributed by atoms with Crippen molar-refractivity contribution in [3.05, 3.63) is 34.4 Å². The molecule has 0 fully saturated rings. The summed E-state index contributed by atoms with van der Waals surface area (Å²) >= 11 is 0. The minimum absolute atomic E-state index is 0.0437. The quantitative estimate of drug-likeness (QED) is 0.238. The second-order valence-electron chi connectivity index (χ2n) is 7.37. The number of aliphatic imine (C=N–C) groups is 1. The summed E-state index contributed by atoms with van der Waals surface area (Å²) in [7, 11) is 0. The summed E-state index contributed by atoms with van der Waals surface area (Å²) in [5.74, 6) is -1.91. The number of nitrogens with zero attached hydrogens (tertiary/aromatic N) is 1. The number of nitrogens with two attached hydrogens (primary N) is 2. The molecule has 0 spiro atoms. The Hall–Kier alpha value is -3.24. The predicted molar refractivity (Wildman–Crippen MR) is 113 cm³/mol. The minimum Gasteiger partial charge on any atom is -0.475 e. The van der Waals surface area contributed by atoms with E-state index in [2.05, 4.69) is 10.3 Å². The number of hydrogen-bond donors (Lipinski definition) is 3. The molecule has 0 aliphatic carbocycles. The molecular weight excluding hydrogens is 429 g/mol. The molecule has 8 nitrogen and oxygen atoms in total. The molecule has 2 rings (SSSR count). The molecule has 0 saturated heterocycles. The summed E-state index contributed by atoms with van der Waals surface area (Å²) in [5, 5.41) is 2.35. The summed E-state index contributed by atoms with van der Waals surface area (Å²) in [5.41, 5.74) is 11.5. The van der Waals surface area contributed by atoms with E-state index in [4.69, 9.17) is 20.9 Å². The van der Waals surface area contributed by atoms with Gasteiger partial charge in [-0.3, -0.25) is 9.79 Å². The van der Waals surface area contributed by atoms with Crippen LogP contribution in [0.2, 0.25) is 0 Å². The molecular formula is C21H27F3N4O4. The number of amides is 1. The number of carbonyl (C=O) groups excluding carboxylic acids is 2. The van der Waals surface area contributed by atoms with Gasteiger partial charge in [0, 0.05) is 12.1 Å². The Morgan fingerprint density at radius 2 is 1.97 bits per heavy atom. The second kappa shape index (κ2) is 10.4. The molecule has 11 heteroatoms. The van der Waals surface area contributed by atoms with Crippen LogP contribution < -0.4 is 21.5 Å². The molecule has 32 heavy (non-hydrogen) atoms. The highest BCUT2D eigenvalue weighted by Gasteiger charge is 2.48. The number of fused-ring (bicyclic) bond motifs is 1. The lowest BCUT2D eigenvalue weighted by atomic mass is 9.96. The molecule has 1 aromatic rings. The largest absolute Gasteiger partial charge is 0.475 e. The number of halogens is 3. The van der Waals surface area contributed by atoms with Gasteiger partial charge < -0.3 is 26.3 Å². The number of guanidine groups is 1. The Kier molecular flexibility index (Phi) is 8.12. The molecule has 176 valence electrons. The number of rotatable bonds is 8. The van der Waals surface area contributed by atoms with E-state index in [0.29, 0.717) is 17.5 Å². The van der Waals surface area contributed by atoms with Gasteiger partial charge in [-0.25, -0.2) is 4.79 Å². The SMILES string of the molecule is CCOC(=O)[C@H](CCCN=C(N)N)NC(=O)C1=Cc2cc(C)cc(C)c2O[C@@H]1C(F)(F)F. The van der Waals surface area contributed by atoms with E-state index in [0.717, 1.165) is 11.6 Å². The summed E-state index contributed by atoms with van der Waals surface area (Å²) in [6.07, 6.45) is -5.80. The van der Waals surface area contributed by atoms with Gasteiger partial charge in [0.2, 0.25) is 6.10 Å². The van der Waals surface area contributed by atoms with Crippen molar-refractivity contribution >= 4 is 23.9 Å². The normalized spacial score (nSPS) is 16.2. The highest BCUT2D eigenvalue weighted by atomic mass is 19.4. The zero-order valence-corrected chi connectivity index (χ0v) is 18.1. The van der Waals surface area contributed by atoms with Crippen molar-refractivity contribution in [2.24, 2.45) is 16.5 Å². The number of aryl methyl sites for hydroxylation is 2. The molecule has 0 aromatic heterocycles. The summed E-state index contributed by atoms with van der Waals surface area (Å²) in [6, 6.07) is 2.14. The Morgan fingerprint density at radius 1 is 1.28 bits per heavy atom. The van der Waals surface area contributed by atoms with Crippen LogP contribution in [0.4, 0.5) is 13.2 Å². The third-order valence-electron chi connectivity index (χ3n) is 4.66. The van der Waals surface area contributed by atoms with Gasteiger partial charge in [-0.2, -0.15) is 13.2 Å². The summed E-state index contributed by atoms with van der Waals surface area (Å²) in [6.45, 7) is 5.21. The van der Waals surface area contributed by atoms with E-state index >= 15 is 0 Å². The number of alkyl halides is 3. The number of nitrogens with one attached hydrogen (secondary N) is 1. The summed E-state index contributed by atoms with van der Waals surface area (Å²) in [4.78, 5) is 28.9. The molecule has 0 unspecified atom stereocenters.